The second kappa shape index (κ2) is 11.6. The lowest BCUT2D eigenvalue weighted by molar-refractivity contribution is -0.132. The summed E-state index contributed by atoms with van der Waals surface area (Å²) in [4.78, 5) is 28.5. The Balaban J connectivity index is 1.39. The number of carbonyl (C=O) groups excluding carboxylic acids is 2. The number of ketones is 1. The second-order valence-electron chi connectivity index (χ2n) is 10.5. The standard InChI is InChI=1S/C32H29N3O5S2/c1-18(2)21-8-10-22(11-9-21)27-26(28(36)23-12-13-24-25(16-23)40-15-14-39-24)29(37)30(38)35(27)31-33-34-32(42-31)41-17-20-6-4-19(3)5-7-20/h4-13,16,18,27,36H,14-15,17H2,1-3H3/b28-26+/t27-/m0/s1. The molecule has 10 heteroatoms. The average molecular weight is 600 g/mol. The van der Waals surface area contributed by atoms with Gasteiger partial charge in [-0.3, -0.25) is 14.5 Å². The highest BCUT2D eigenvalue weighted by molar-refractivity contribution is 8.00. The van der Waals surface area contributed by atoms with Crippen LogP contribution in [-0.2, 0) is 15.3 Å². The van der Waals surface area contributed by atoms with Crippen molar-refractivity contribution in [3.8, 4) is 11.5 Å². The van der Waals surface area contributed by atoms with E-state index < -0.39 is 17.7 Å². The molecule has 1 saturated heterocycles. The van der Waals surface area contributed by atoms with E-state index in [1.165, 1.54) is 33.6 Å². The summed E-state index contributed by atoms with van der Waals surface area (Å²) in [5.74, 6) is 0.185. The number of carbonyl (C=O) groups is 2. The number of aliphatic hydroxyl groups excluding tert-OH is 1. The summed E-state index contributed by atoms with van der Waals surface area (Å²) >= 11 is 2.76. The average Bonchev–Trinajstić information content (AvgIpc) is 3.58. The Morgan fingerprint density at radius 3 is 2.43 bits per heavy atom. The van der Waals surface area contributed by atoms with Crippen molar-refractivity contribution < 1.29 is 24.2 Å². The summed E-state index contributed by atoms with van der Waals surface area (Å²) in [5.41, 5.74) is 4.48. The number of benzene rings is 3. The Hall–Kier alpha value is -4.15. The number of ether oxygens (including phenoxy) is 2. The van der Waals surface area contributed by atoms with Crippen LogP contribution in [-0.4, -0.2) is 40.2 Å². The van der Waals surface area contributed by atoms with E-state index in [0.29, 0.717) is 57.0 Å². The highest BCUT2D eigenvalue weighted by Gasteiger charge is 2.48. The number of nitrogens with zero attached hydrogens (tertiary/aromatic N) is 3. The molecule has 0 radical (unpaired) electrons. The molecule has 42 heavy (non-hydrogen) atoms. The maximum atomic E-state index is 13.6. The van der Waals surface area contributed by atoms with Gasteiger partial charge in [0.2, 0.25) is 5.13 Å². The minimum absolute atomic E-state index is 0.0157. The molecule has 1 N–H and O–H groups in total. The van der Waals surface area contributed by atoms with E-state index in [9.17, 15) is 14.7 Å². The molecule has 0 spiro atoms. The third-order valence-corrected chi connectivity index (χ3v) is 9.39. The first-order chi connectivity index (χ1) is 20.3. The number of aliphatic hydroxyl groups is 1. The number of amides is 1. The zero-order valence-corrected chi connectivity index (χ0v) is 25.0. The molecule has 3 aromatic carbocycles. The molecule has 214 valence electrons. The monoisotopic (exact) mass is 599 g/mol. The Labute approximate surface area is 252 Å². The first kappa shape index (κ1) is 28.0. The molecule has 0 unspecified atom stereocenters. The number of rotatable bonds is 7. The first-order valence-electron chi connectivity index (χ1n) is 13.6. The molecular weight excluding hydrogens is 571 g/mol. The van der Waals surface area contributed by atoms with Crippen molar-refractivity contribution in [1.29, 1.82) is 0 Å². The van der Waals surface area contributed by atoms with Crippen LogP contribution in [0, 0.1) is 6.92 Å². The predicted octanol–water partition coefficient (Wildman–Crippen LogP) is 6.66. The molecule has 0 saturated carbocycles. The first-order valence-corrected chi connectivity index (χ1v) is 15.4. The second-order valence-corrected chi connectivity index (χ2v) is 12.7. The third kappa shape index (κ3) is 5.39. The molecule has 6 rings (SSSR count). The van der Waals surface area contributed by atoms with Crippen molar-refractivity contribution >= 4 is 45.7 Å². The van der Waals surface area contributed by atoms with Gasteiger partial charge in [-0.25, -0.2) is 0 Å². The van der Waals surface area contributed by atoms with Crippen molar-refractivity contribution in [2.45, 2.75) is 42.8 Å². The number of hydrogen-bond donors (Lipinski definition) is 1. The summed E-state index contributed by atoms with van der Waals surface area (Å²) in [6.45, 7) is 7.05. The minimum Gasteiger partial charge on any atom is -0.507 e. The van der Waals surface area contributed by atoms with Gasteiger partial charge in [0.05, 0.1) is 11.6 Å². The largest absolute Gasteiger partial charge is 0.507 e. The fourth-order valence-electron chi connectivity index (χ4n) is 4.94. The van der Waals surface area contributed by atoms with E-state index in [2.05, 4.69) is 48.3 Å². The summed E-state index contributed by atoms with van der Waals surface area (Å²) in [5, 5.41) is 20.5. The van der Waals surface area contributed by atoms with E-state index in [1.807, 2.05) is 31.2 Å². The lowest BCUT2D eigenvalue weighted by Crippen LogP contribution is -2.29. The van der Waals surface area contributed by atoms with Crippen LogP contribution in [0.1, 0.15) is 53.6 Å². The van der Waals surface area contributed by atoms with Gasteiger partial charge in [0, 0.05) is 11.3 Å². The van der Waals surface area contributed by atoms with Crippen LogP contribution in [0.4, 0.5) is 5.13 Å². The Kier molecular flexibility index (Phi) is 7.74. The van der Waals surface area contributed by atoms with E-state index in [0.717, 1.165) is 11.1 Å². The minimum atomic E-state index is -0.887. The number of hydrogen-bond acceptors (Lipinski definition) is 9. The summed E-state index contributed by atoms with van der Waals surface area (Å²) < 4.78 is 12.0. The van der Waals surface area contributed by atoms with Crippen LogP contribution in [0.15, 0.2) is 76.6 Å². The van der Waals surface area contributed by atoms with Crippen molar-refractivity contribution in [1.82, 2.24) is 10.2 Å². The molecule has 1 aromatic heterocycles. The van der Waals surface area contributed by atoms with Gasteiger partial charge in [0.15, 0.2) is 15.8 Å². The number of thioether (sulfide) groups is 1. The number of fused-ring (bicyclic) bond motifs is 1. The van der Waals surface area contributed by atoms with Gasteiger partial charge < -0.3 is 14.6 Å². The molecule has 4 aromatic rings. The van der Waals surface area contributed by atoms with Crippen LogP contribution in [0.25, 0.3) is 5.76 Å². The topological polar surface area (TPSA) is 102 Å². The molecule has 1 atom stereocenters. The maximum Gasteiger partial charge on any atom is 0.301 e. The van der Waals surface area contributed by atoms with Gasteiger partial charge in [-0.05, 0) is 47.7 Å². The Morgan fingerprint density at radius 1 is 1.00 bits per heavy atom. The van der Waals surface area contributed by atoms with Crippen molar-refractivity contribution in [3.05, 3.63) is 100 Å². The maximum absolute atomic E-state index is 13.6. The van der Waals surface area contributed by atoms with Gasteiger partial charge in [0.25, 0.3) is 5.78 Å². The van der Waals surface area contributed by atoms with Crippen LogP contribution in [0.2, 0.25) is 0 Å². The van der Waals surface area contributed by atoms with Crippen LogP contribution in [0.5, 0.6) is 11.5 Å². The Bertz CT molecular complexity index is 1680. The normalized spacial score (nSPS) is 17.7. The molecule has 2 aliphatic heterocycles. The smallest absolute Gasteiger partial charge is 0.301 e. The summed E-state index contributed by atoms with van der Waals surface area (Å²) in [6.07, 6.45) is 0. The Morgan fingerprint density at radius 2 is 1.71 bits per heavy atom. The van der Waals surface area contributed by atoms with Gasteiger partial charge in [0.1, 0.15) is 19.0 Å². The van der Waals surface area contributed by atoms with Crippen molar-refractivity contribution in [2.24, 2.45) is 0 Å². The SMILES string of the molecule is Cc1ccc(CSc2nnc(N3C(=O)C(=O)/C(=C(/O)c4ccc5c(c4)OCCO5)[C@@H]3c3ccc(C(C)C)cc3)s2)cc1. The van der Waals surface area contributed by atoms with E-state index in [4.69, 9.17) is 9.47 Å². The van der Waals surface area contributed by atoms with E-state index in [1.54, 1.807) is 18.2 Å². The molecule has 0 aliphatic carbocycles. The molecular formula is C32H29N3O5S2. The lowest BCUT2D eigenvalue weighted by Gasteiger charge is -2.23. The zero-order chi connectivity index (χ0) is 29.4. The summed E-state index contributed by atoms with van der Waals surface area (Å²) in [6, 6.07) is 20.1. The van der Waals surface area contributed by atoms with Crippen LogP contribution >= 0.6 is 23.1 Å². The van der Waals surface area contributed by atoms with Crippen LogP contribution < -0.4 is 14.4 Å². The quantitative estimate of drug-likeness (QED) is 0.0828. The molecule has 2 aliphatic rings. The van der Waals surface area contributed by atoms with E-state index in [-0.39, 0.29) is 11.3 Å². The van der Waals surface area contributed by atoms with Gasteiger partial charge in [-0.1, -0.05) is 91.0 Å². The molecule has 8 nitrogen and oxygen atoms in total. The fourth-order valence-corrected chi connectivity index (χ4v) is 6.77. The van der Waals surface area contributed by atoms with Crippen molar-refractivity contribution in [2.75, 3.05) is 18.1 Å². The molecule has 1 fully saturated rings. The molecule has 1 amide bonds. The number of aromatic nitrogens is 2. The van der Waals surface area contributed by atoms with Gasteiger partial charge in [-0.2, -0.15) is 0 Å². The number of Topliss-reactive ketones (excluding diaryl/α,β-unsaturated/α-hetero) is 1. The van der Waals surface area contributed by atoms with Gasteiger partial charge >= 0.3 is 5.91 Å². The number of anilines is 1. The molecule has 0 bridgehead atoms. The highest BCUT2D eigenvalue weighted by atomic mass is 32.2. The van der Waals surface area contributed by atoms with Gasteiger partial charge in [-0.15, -0.1) is 10.2 Å². The van der Waals surface area contributed by atoms with E-state index >= 15 is 0 Å². The predicted molar refractivity (Wildman–Crippen MR) is 163 cm³/mol. The van der Waals surface area contributed by atoms with Crippen LogP contribution in [0.3, 0.4) is 0 Å². The zero-order valence-electron chi connectivity index (χ0n) is 23.4. The summed E-state index contributed by atoms with van der Waals surface area (Å²) in [7, 11) is 0. The molecule has 3 heterocycles. The fraction of sp³-hybridized carbons (Fsp3) is 0.250. The highest BCUT2D eigenvalue weighted by Crippen LogP contribution is 2.45. The number of aryl methyl sites for hydroxylation is 1. The third-order valence-electron chi connectivity index (χ3n) is 7.26. The lowest BCUT2D eigenvalue weighted by atomic mass is 9.93. The van der Waals surface area contributed by atoms with Crippen molar-refractivity contribution in [3.63, 3.8) is 0 Å².